The second-order valence-electron chi connectivity index (χ2n) is 4.22. The van der Waals surface area contributed by atoms with E-state index in [0.717, 1.165) is 0 Å². The largest absolute Gasteiger partial charge is 0.480 e. The van der Waals surface area contributed by atoms with Crippen molar-refractivity contribution in [1.29, 1.82) is 0 Å². The molecule has 2 N–H and O–H groups in total. The summed E-state index contributed by atoms with van der Waals surface area (Å²) in [7, 11) is 0. The molecule has 1 aliphatic heterocycles. The second-order valence-corrected chi connectivity index (χ2v) is 5.03. The van der Waals surface area contributed by atoms with Gasteiger partial charge in [0.05, 0.1) is 15.7 Å². The first kappa shape index (κ1) is 14.0. The van der Waals surface area contributed by atoms with Gasteiger partial charge in [-0.25, -0.2) is 9.59 Å². The number of rotatable bonds is 2. The predicted molar refractivity (Wildman–Crippen MR) is 72.8 cm³/mol. The van der Waals surface area contributed by atoms with E-state index in [1.54, 1.807) is 18.2 Å². The van der Waals surface area contributed by atoms with Crippen LogP contribution < -0.4 is 5.32 Å². The molecule has 0 radical (unpaired) electrons. The Bertz CT molecular complexity index is 501. The van der Waals surface area contributed by atoms with Crippen LogP contribution in [0.2, 0.25) is 10.0 Å². The first-order valence-corrected chi connectivity index (χ1v) is 6.50. The highest BCUT2D eigenvalue weighted by Gasteiger charge is 2.34. The Labute approximate surface area is 120 Å². The number of hydrogen-bond acceptors (Lipinski definition) is 2. The lowest BCUT2D eigenvalue weighted by Crippen LogP contribution is -2.42. The third kappa shape index (κ3) is 2.93. The Hall–Kier alpha value is -1.46. The minimum atomic E-state index is -1.00. The fourth-order valence-electron chi connectivity index (χ4n) is 2.06. The van der Waals surface area contributed by atoms with Crippen LogP contribution in [0, 0.1) is 0 Å². The number of nitrogens with one attached hydrogen (secondary N) is 1. The van der Waals surface area contributed by atoms with Crippen LogP contribution in [-0.4, -0.2) is 34.6 Å². The van der Waals surface area contributed by atoms with E-state index in [0.29, 0.717) is 35.1 Å². The Balaban J connectivity index is 2.15. The Morgan fingerprint density at radius 2 is 1.95 bits per heavy atom. The standard InChI is InChI=1S/C12H12Cl2N2O3/c13-7-3-1-4-8(14)10(7)15-12(19)16-6-2-5-9(16)11(17)18/h1,3-4,9H,2,5-6H2,(H,15,19)(H,17,18). The molecule has 1 aromatic rings. The van der Waals surface area contributed by atoms with Crippen molar-refractivity contribution in [3.05, 3.63) is 28.2 Å². The van der Waals surface area contributed by atoms with Crippen LogP contribution in [0.4, 0.5) is 10.5 Å². The van der Waals surface area contributed by atoms with Crippen molar-refractivity contribution in [1.82, 2.24) is 4.90 Å². The smallest absolute Gasteiger partial charge is 0.326 e. The summed E-state index contributed by atoms with van der Waals surface area (Å²) in [6, 6.07) is 3.57. The summed E-state index contributed by atoms with van der Waals surface area (Å²) in [6.07, 6.45) is 1.12. The van der Waals surface area contributed by atoms with Crippen molar-refractivity contribution in [3.8, 4) is 0 Å². The Morgan fingerprint density at radius 3 is 2.53 bits per heavy atom. The van der Waals surface area contributed by atoms with E-state index in [1.165, 1.54) is 4.90 Å². The van der Waals surface area contributed by atoms with Gasteiger partial charge in [0, 0.05) is 6.54 Å². The van der Waals surface area contributed by atoms with Crippen molar-refractivity contribution < 1.29 is 14.7 Å². The normalized spacial score (nSPS) is 18.4. The number of urea groups is 1. The number of amides is 2. The van der Waals surface area contributed by atoms with Gasteiger partial charge in [-0.3, -0.25) is 0 Å². The summed E-state index contributed by atoms with van der Waals surface area (Å²) in [5.74, 6) is -1.00. The fraction of sp³-hybridized carbons (Fsp3) is 0.333. The summed E-state index contributed by atoms with van der Waals surface area (Å²) in [6.45, 7) is 0.408. The molecule has 1 heterocycles. The molecular formula is C12H12Cl2N2O3. The maximum Gasteiger partial charge on any atom is 0.326 e. The van der Waals surface area contributed by atoms with Crippen molar-refractivity contribution in [2.24, 2.45) is 0 Å². The van der Waals surface area contributed by atoms with Gasteiger partial charge in [-0.05, 0) is 25.0 Å². The number of anilines is 1. The molecule has 19 heavy (non-hydrogen) atoms. The summed E-state index contributed by atoms with van der Waals surface area (Å²) >= 11 is 11.9. The summed E-state index contributed by atoms with van der Waals surface area (Å²) in [5.41, 5.74) is 0.298. The Kier molecular flexibility index (Phi) is 4.17. The number of likely N-dealkylation sites (tertiary alicyclic amines) is 1. The molecule has 0 spiro atoms. The highest BCUT2D eigenvalue weighted by Crippen LogP contribution is 2.30. The number of benzene rings is 1. The molecule has 1 unspecified atom stereocenters. The van der Waals surface area contributed by atoms with Crippen LogP contribution in [0.15, 0.2) is 18.2 Å². The maximum absolute atomic E-state index is 12.1. The fourth-order valence-corrected chi connectivity index (χ4v) is 2.55. The van der Waals surface area contributed by atoms with Gasteiger partial charge in [-0.15, -0.1) is 0 Å². The van der Waals surface area contributed by atoms with Gasteiger partial charge in [-0.2, -0.15) is 0 Å². The lowest BCUT2D eigenvalue weighted by atomic mass is 10.2. The molecule has 1 fully saturated rings. The van der Waals surface area contributed by atoms with Gasteiger partial charge in [-0.1, -0.05) is 29.3 Å². The molecule has 2 rings (SSSR count). The van der Waals surface area contributed by atoms with Crippen molar-refractivity contribution >= 4 is 40.9 Å². The highest BCUT2D eigenvalue weighted by molar-refractivity contribution is 6.39. The molecule has 0 aliphatic carbocycles. The number of carbonyl (C=O) groups is 2. The lowest BCUT2D eigenvalue weighted by molar-refractivity contribution is -0.141. The second kappa shape index (κ2) is 5.67. The Morgan fingerprint density at radius 1 is 1.32 bits per heavy atom. The minimum Gasteiger partial charge on any atom is -0.480 e. The summed E-state index contributed by atoms with van der Waals surface area (Å²) in [5, 5.41) is 12.2. The van der Waals surface area contributed by atoms with Crippen LogP contribution in [0.25, 0.3) is 0 Å². The minimum absolute atomic E-state index is 0.298. The highest BCUT2D eigenvalue weighted by atomic mass is 35.5. The number of hydrogen-bond donors (Lipinski definition) is 2. The molecule has 1 atom stereocenters. The zero-order valence-corrected chi connectivity index (χ0v) is 11.4. The molecule has 5 nitrogen and oxygen atoms in total. The van der Waals surface area contributed by atoms with E-state index in [1.807, 2.05) is 0 Å². The zero-order valence-electron chi connectivity index (χ0n) is 9.90. The number of halogens is 2. The molecule has 1 aliphatic rings. The van der Waals surface area contributed by atoms with Gasteiger partial charge in [0.25, 0.3) is 0 Å². The van der Waals surface area contributed by atoms with Crippen molar-refractivity contribution in [3.63, 3.8) is 0 Å². The number of para-hydroxylation sites is 1. The monoisotopic (exact) mass is 302 g/mol. The molecule has 1 saturated heterocycles. The molecule has 0 bridgehead atoms. The number of carboxylic acids is 1. The van der Waals surface area contributed by atoms with Crippen LogP contribution >= 0.6 is 23.2 Å². The number of nitrogens with zero attached hydrogens (tertiary/aromatic N) is 1. The summed E-state index contributed by atoms with van der Waals surface area (Å²) in [4.78, 5) is 24.4. The molecule has 0 aromatic heterocycles. The maximum atomic E-state index is 12.1. The molecule has 2 amide bonds. The van der Waals surface area contributed by atoms with Gasteiger partial charge in [0.2, 0.25) is 0 Å². The third-order valence-electron chi connectivity index (χ3n) is 2.99. The van der Waals surface area contributed by atoms with Gasteiger partial charge >= 0.3 is 12.0 Å². The molecule has 102 valence electrons. The SMILES string of the molecule is O=C(O)C1CCCN1C(=O)Nc1c(Cl)cccc1Cl. The van der Waals surface area contributed by atoms with Crippen molar-refractivity contribution in [2.75, 3.05) is 11.9 Å². The topological polar surface area (TPSA) is 69.6 Å². The van der Waals surface area contributed by atoms with Crippen LogP contribution in [0.1, 0.15) is 12.8 Å². The van der Waals surface area contributed by atoms with E-state index < -0.39 is 18.0 Å². The first-order valence-electron chi connectivity index (χ1n) is 5.75. The van der Waals surface area contributed by atoms with E-state index in [-0.39, 0.29) is 0 Å². The van der Waals surface area contributed by atoms with Gasteiger partial charge in [0.1, 0.15) is 6.04 Å². The quantitative estimate of drug-likeness (QED) is 0.882. The summed E-state index contributed by atoms with van der Waals surface area (Å²) < 4.78 is 0. The van der Waals surface area contributed by atoms with E-state index in [4.69, 9.17) is 28.3 Å². The zero-order chi connectivity index (χ0) is 14.0. The van der Waals surface area contributed by atoms with Crippen LogP contribution in [-0.2, 0) is 4.79 Å². The predicted octanol–water partition coefficient (Wildman–Crippen LogP) is 3.07. The molecule has 1 aromatic carbocycles. The third-order valence-corrected chi connectivity index (χ3v) is 3.62. The first-order chi connectivity index (χ1) is 9.00. The average molecular weight is 303 g/mol. The van der Waals surface area contributed by atoms with Gasteiger partial charge < -0.3 is 15.3 Å². The van der Waals surface area contributed by atoms with Crippen LogP contribution in [0.3, 0.4) is 0 Å². The number of carbonyl (C=O) groups excluding carboxylic acids is 1. The number of aliphatic carboxylic acids is 1. The van der Waals surface area contributed by atoms with Crippen LogP contribution in [0.5, 0.6) is 0 Å². The van der Waals surface area contributed by atoms with E-state index in [2.05, 4.69) is 5.32 Å². The molecule has 7 heteroatoms. The van der Waals surface area contributed by atoms with E-state index in [9.17, 15) is 9.59 Å². The molecule has 0 saturated carbocycles. The average Bonchev–Trinajstić information content (AvgIpc) is 2.83. The molecular weight excluding hydrogens is 291 g/mol. The lowest BCUT2D eigenvalue weighted by Gasteiger charge is -2.22. The van der Waals surface area contributed by atoms with Crippen molar-refractivity contribution in [2.45, 2.75) is 18.9 Å². The van der Waals surface area contributed by atoms with Gasteiger partial charge in [0.15, 0.2) is 0 Å². The van der Waals surface area contributed by atoms with E-state index >= 15 is 0 Å². The number of carboxylic acid groups (broad SMARTS) is 1.